The Kier molecular flexibility index (Phi) is 8.89. The third kappa shape index (κ3) is 6.81. The summed E-state index contributed by atoms with van der Waals surface area (Å²) in [4.78, 5) is 13.1. The highest BCUT2D eigenvalue weighted by Crippen LogP contribution is 2.30. The van der Waals surface area contributed by atoms with Crippen molar-refractivity contribution in [1.29, 1.82) is 0 Å². The number of carbonyl (C=O) groups is 1. The van der Waals surface area contributed by atoms with E-state index in [9.17, 15) is 9.90 Å². The molecule has 2 N–H and O–H groups in total. The summed E-state index contributed by atoms with van der Waals surface area (Å²) in [6.07, 6.45) is 4.13. The molecule has 1 aliphatic rings. The predicted octanol–water partition coefficient (Wildman–Crippen LogP) is 4.98. The Morgan fingerprint density at radius 2 is 1.73 bits per heavy atom. The van der Waals surface area contributed by atoms with Gasteiger partial charge in [-0.3, -0.25) is 0 Å². The molecule has 1 fully saturated rings. The number of nitrogens with zero attached hydrogens (tertiary/aromatic N) is 1. The second-order valence-corrected chi connectivity index (χ2v) is 8.36. The lowest BCUT2D eigenvalue weighted by atomic mass is 9.88. The topological polar surface area (TPSA) is 70.0 Å². The molecule has 6 heteroatoms. The van der Waals surface area contributed by atoms with E-state index in [-0.39, 0.29) is 19.0 Å². The van der Waals surface area contributed by atoms with Gasteiger partial charge in [0.25, 0.3) is 0 Å². The van der Waals surface area contributed by atoms with Crippen molar-refractivity contribution in [1.82, 2.24) is 4.90 Å². The Bertz CT molecular complexity index is 1090. The second-order valence-electron chi connectivity index (χ2n) is 8.36. The van der Waals surface area contributed by atoms with Gasteiger partial charge in [-0.25, -0.2) is 4.79 Å². The molecule has 1 aliphatic heterocycles. The van der Waals surface area contributed by atoms with E-state index in [1.165, 1.54) is 22.4 Å². The third-order valence-corrected chi connectivity index (χ3v) is 6.06. The van der Waals surface area contributed by atoms with Gasteiger partial charge in [0, 0.05) is 18.2 Å². The SMILES string of the molecule is Cl.O=C(O)C=Cc1ccccc1OC[C@@H](O)CN1CCC(c2ccc3ccccc3c2)CC1. The number of hydrogen-bond donors (Lipinski definition) is 2. The Balaban J connectivity index is 0.00000306. The van der Waals surface area contributed by atoms with Crippen LogP contribution in [-0.2, 0) is 4.79 Å². The molecule has 3 aromatic carbocycles. The molecular weight excluding hydrogens is 438 g/mol. The highest BCUT2D eigenvalue weighted by molar-refractivity contribution is 5.86. The van der Waals surface area contributed by atoms with Crippen LogP contribution in [0.4, 0.5) is 0 Å². The van der Waals surface area contributed by atoms with Crippen molar-refractivity contribution in [2.24, 2.45) is 0 Å². The van der Waals surface area contributed by atoms with Crippen molar-refractivity contribution >= 4 is 35.2 Å². The zero-order valence-electron chi connectivity index (χ0n) is 18.5. The highest BCUT2D eigenvalue weighted by Gasteiger charge is 2.22. The molecule has 0 unspecified atom stereocenters. The normalized spacial score (nSPS) is 15.9. The van der Waals surface area contributed by atoms with Crippen LogP contribution < -0.4 is 4.74 Å². The van der Waals surface area contributed by atoms with Crippen molar-refractivity contribution in [2.45, 2.75) is 24.9 Å². The molecule has 1 atom stereocenters. The zero-order valence-corrected chi connectivity index (χ0v) is 19.3. The average molecular weight is 468 g/mol. The number of aliphatic carboxylic acids is 1. The number of likely N-dealkylation sites (tertiary alicyclic amines) is 1. The maximum Gasteiger partial charge on any atom is 0.328 e. The molecule has 33 heavy (non-hydrogen) atoms. The summed E-state index contributed by atoms with van der Waals surface area (Å²) in [5.41, 5.74) is 2.08. The zero-order chi connectivity index (χ0) is 22.3. The standard InChI is InChI=1S/C27H29NO4.ClH/c29-25(19-32-26-8-4-3-6-22(26)11-12-27(30)31)18-28-15-13-21(14-16-28)24-10-9-20-5-1-2-7-23(20)17-24;/h1-12,17,21,25,29H,13-16,18-19H2,(H,30,31);1H/t25-;/m0./s1. The Morgan fingerprint density at radius 1 is 1.03 bits per heavy atom. The Labute approximate surface area is 200 Å². The van der Waals surface area contributed by atoms with Crippen LogP contribution in [0, 0.1) is 0 Å². The van der Waals surface area contributed by atoms with Gasteiger partial charge >= 0.3 is 5.97 Å². The molecule has 0 amide bonds. The summed E-state index contributed by atoms with van der Waals surface area (Å²) in [6, 6.07) is 22.5. The smallest absolute Gasteiger partial charge is 0.328 e. The Hall–Kier alpha value is -2.86. The molecule has 174 valence electrons. The Morgan fingerprint density at radius 3 is 2.48 bits per heavy atom. The van der Waals surface area contributed by atoms with E-state index < -0.39 is 12.1 Å². The van der Waals surface area contributed by atoms with Crippen molar-refractivity contribution in [3.63, 3.8) is 0 Å². The lowest BCUT2D eigenvalue weighted by Crippen LogP contribution is -2.40. The van der Waals surface area contributed by atoms with Gasteiger partial charge in [-0.05, 0) is 60.3 Å². The molecule has 1 saturated heterocycles. The van der Waals surface area contributed by atoms with E-state index in [4.69, 9.17) is 9.84 Å². The highest BCUT2D eigenvalue weighted by atomic mass is 35.5. The fraction of sp³-hybridized carbons (Fsp3) is 0.296. The number of benzene rings is 3. The third-order valence-electron chi connectivity index (χ3n) is 6.06. The van der Waals surface area contributed by atoms with Gasteiger partial charge in [0.1, 0.15) is 18.5 Å². The molecule has 0 bridgehead atoms. The minimum Gasteiger partial charge on any atom is -0.490 e. The van der Waals surface area contributed by atoms with E-state index in [0.29, 0.717) is 23.8 Å². The van der Waals surface area contributed by atoms with E-state index in [1.807, 2.05) is 12.1 Å². The maximum atomic E-state index is 10.8. The van der Waals surface area contributed by atoms with Gasteiger partial charge in [-0.2, -0.15) is 0 Å². The van der Waals surface area contributed by atoms with Crippen LogP contribution in [-0.4, -0.2) is 53.4 Å². The summed E-state index contributed by atoms with van der Waals surface area (Å²) in [6.45, 7) is 2.64. The largest absolute Gasteiger partial charge is 0.490 e. The second kappa shape index (κ2) is 11.8. The molecule has 0 radical (unpaired) electrons. The summed E-state index contributed by atoms with van der Waals surface area (Å²) in [5.74, 6) is 0.114. The summed E-state index contributed by atoms with van der Waals surface area (Å²) in [5, 5.41) is 21.9. The van der Waals surface area contributed by atoms with Crippen LogP contribution in [0.25, 0.3) is 16.8 Å². The van der Waals surface area contributed by atoms with Crippen LogP contribution >= 0.6 is 12.4 Å². The van der Waals surface area contributed by atoms with Gasteiger partial charge in [-0.1, -0.05) is 60.7 Å². The quantitative estimate of drug-likeness (QED) is 0.457. The minimum atomic E-state index is -1.01. The predicted molar refractivity (Wildman–Crippen MR) is 134 cm³/mol. The summed E-state index contributed by atoms with van der Waals surface area (Å²) >= 11 is 0. The van der Waals surface area contributed by atoms with Crippen LogP contribution in [0.1, 0.15) is 29.9 Å². The first kappa shape index (κ1) is 24.8. The number of fused-ring (bicyclic) bond motifs is 1. The van der Waals surface area contributed by atoms with Gasteiger partial charge in [0.2, 0.25) is 0 Å². The summed E-state index contributed by atoms with van der Waals surface area (Å²) < 4.78 is 5.78. The molecule has 0 saturated carbocycles. The first-order valence-electron chi connectivity index (χ1n) is 11.1. The summed E-state index contributed by atoms with van der Waals surface area (Å²) in [7, 11) is 0. The average Bonchev–Trinajstić information content (AvgIpc) is 2.82. The van der Waals surface area contributed by atoms with E-state index in [2.05, 4.69) is 47.4 Å². The van der Waals surface area contributed by atoms with E-state index in [1.54, 1.807) is 12.1 Å². The number of aliphatic hydroxyl groups is 1. The van der Waals surface area contributed by atoms with Crippen molar-refractivity contribution in [3.05, 3.63) is 83.9 Å². The number of carboxylic acid groups (broad SMARTS) is 1. The van der Waals surface area contributed by atoms with Gasteiger partial charge in [0.15, 0.2) is 0 Å². The first-order valence-corrected chi connectivity index (χ1v) is 11.1. The maximum absolute atomic E-state index is 10.8. The monoisotopic (exact) mass is 467 g/mol. The van der Waals surface area contributed by atoms with Crippen molar-refractivity contribution in [3.8, 4) is 5.75 Å². The van der Waals surface area contributed by atoms with E-state index in [0.717, 1.165) is 32.0 Å². The van der Waals surface area contributed by atoms with Crippen molar-refractivity contribution in [2.75, 3.05) is 26.2 Å². The van der Waals surface area contributed by atoms with Crippen LogP contribution in [0.3, 0.4) is 0 Å². The molecule has 0 aliphatic carbocycles. The number of halogens is 1. The van der Waals surface area contributed by atoms with Gasteiger partial charge in [0.05, 0.1) is 0 Å². The molecule has 4 rings (SSSR count). The number of hydrogen-bond acceptors (Lipinski definition) is 4. The van der Waals surface area contributed by atoms with Crippen LogP contribution in [0.15, 0.2) is 72.8 Å². The lowest BCUT2D eigenvalue weighted by molar-refractivity contribution is -0.131. The molecule has 1 heterocycles. The van der Waals surface area contributed by atoms with E-state index >= 15 is 0 Å². The number of aliphatic hydroxyl groups excluding tert-OH is 1. The fourth-order valence-corrected chi connectivity index (χ4v) is 4.36. The molecule has 0 aromatic heterocycles. The van der Waals surface area contributed by atoms with Gasteiger partial charge in [-0.15, -0.1) is 12.4 Å². The number of piperidine rings is 1. The van der Waals surface area contributed by atoms with Crippen molar-refractivity contribution < 1.29 is 19.7 Å². The lowest BCUT2D eigenvalue weighted by Gasteiger charge is -2.33. The number of β-amino-alcohol motifs (C(OH)–C–C–N with tert-alkyl or cyclic N) is 1. The molecular formula is C27H30ClNO4. The first-order chi connectivity index (χ1) is 15.6. The molecule has 3 aromatic rings. The number of ether oxygens (including phenoxy) is 1. The fourth-order valence-electron chi connectivity index (χ4n) is 4.36. The number of carboxylic acids is 1. The molecule has 5 nitrogen and oxygen atoms in total. The number of rotatable bonds is 8. The minimum absolute atomic E-state index is 0. The van der Waals surface area contributed by atoms with Gasteiger partial charge < -0.3 is 19.8 Å². The number of para-hydroxylation sites is 1. The molecule has 0 spiro atoms. The van der Waals surface area contributed by atoms with Crippen LogP contribution in [0.5, 0.6) is 5.75 Å². The van der Waals surface area contributed by atoms with Crippen LogP contribution in [0.2, 0.25) is 0 Å².